The molecule has 5 heteroatoms. The number of carbonyl (C=O) groups is 1. The summed E-state index contributed by atoms with van der Waals surface area (Å²) in [6, 6.07) is 4.86. The molecule has 0 bridgehead atoms. The molecule has 1 rings (SSSR count). The number of hydrogen-bond donors (Lipinski definition) is 2. The van der Waals surface area contributed by atoms with Crippen molar-refractivity contribution in [1.29, 1.82) is 0 Å². The molecular formula is C10H11Cl2NO2. The van der Waals surface area contributed by atoms with E-state index < -0.39 is 11.9 Å². The Kier molecular flexibility index (Phi) is 4.39. The molecule has 0 aliphatic rings. The number of likely N-dealkylation sites (N-methyl/N-ethyl adjacent to an activating group) is 1. The normalized spacial score (nSPS) is 12.5. The molecule has 0 fully saturated rings. The highest BCUT2D eigenvalue weighted by molar-refractivity contribution is 6.42. The second kappa shape index (κ2) is 5.35. The number of rotatable bonds is 4. The summed E-state index contributed by atoms with van der Waals surface area (Å²) in [6.07, 6.45) is 0. The summed E-state index contributed by atoms with van der Waals surface area (Å²) in [5.41, 5.74) is 0.645. The van der Waals surface area contributed by atoms with Gasteiger partial charge in [0.05, 0.1) is 16.0 Å². The quantitative estimate of drug-likeness (QED) is 0.860. The highest BCUT2D eigenvalue weighted by Crippen LogP contribution is 2.26. The van der Waals surface area contributed by atoms with Gasteiger partial charge in [-0.2, -0.15) is 0 Å². The number of nitrogens with one attached hydrogen (secondary N) is 1. The van der Waals surface area contributed by atoms with Gasteiger partial charge < -0.3 is 10.4 Å². The SMILES string of the molecule is CNCC(C(=O)O)c1ccc(Cl)c(Cl)c1. The van der Waals surface area contributed by atoms with Crippen LogP contribution in [0.1, 0.15) is 11.5 Å². The monoisotopic (exact) mass is 247 g/mol. The van der Waals surface area contributed by atoms with E-state index in [1.807, 2.05) is 0 Å². The number of hydrogen-bond acceptors (Lipinski definition) is 2. The zero-order valence-corrected chi connectivity index (χ0v) is 9.64. The van der Waals surface area contributed by atoms with Gasteiger partial charge in [-0.3, -0.25) is 4.79 Å². The first-order chi connectivity index (χ1) is 7.06. The summed E-state index contributed by atoms with van der Waals surface area (Å²) in [5, 5.41) is 12.6. The third-order valence-corrected chi connectivity index (χ3v) is 2.79. The first-order valence-corrected chi connectivity index (χ1v) is 5.14. The van der Waals surface area contributed by atoms with Crippen LogP contribution in [0.15, 0.2) is 18.2 Å². The maximum absolute atomic E-state index is 11.0. The third-order valence-electron chi connectivity index (χ3n) is 2.05. The van der Waals surface area contributed by atoms with Crippen LogP contribution < -0.4 is 5.32 Å². The van der Waals surface area contributed by atoms with Crippen molar-refractivity contribution in [1.82, 2.24) is 5.32 Å². The number of halogens is 2. The lowest BCUT2D eigenvalue weighted by Gasteiger charge is -2.12. The first-order valence-electron chi connectivity index (χ1n) is 4.38. The molecule has 3 nitrogen and oxygen atoms in total. The standard InChI is InChI=1S/C10H11Cl2NO2/c1-13-5-7(10(14)15)6-2-3-8(11)9(12)4-6/h2-4,7,13H,5H2,1H3,(H,14,15). The molecule has 1 aromatic carbocycles. The predicted molar refractivity (Wildman–Crippen MR) is 60.8 cm³/mol. The van der Waals surface area contributed by atoms with Crippen LogP contribution in [0.5, 0.6) is 0 Å². The van der Waals surface area contributed by atoms with Crippen molar-refractivity contribution in [2.45, 2.75) is 5.92 Å². The van der Waals surface area contributed by atoms with Gasteiger partial charge in [-0.05, 0) is 24.7 Å². The number of carboxylic acid groups (broad SMARTS) is 1. The van der Waals surface area contributed by atoms with Crippen LogP contribution in [0.3, 0.4) is 0 Å². The molecule has 2 N–H and O–H groups in total. The largest absolute Gasteiger partial charge is 0.481 e. The molecule has 0 heterocycles. The lowest BCUT2D eigenvalue weighted by Crippen LogP contribution is -2.24. The van der Waals surface area contributed by atoms with Crippen molar-refractivity contribution in [3.8, 4) is 0 Å². The topological polar surface area (TPSA) is 49.3 Å². The summed E-state index contributed by atoms with van der Waals surface area (Å²) in [7, 11) is 1.70. The molecular weight excluding hydrogens is 237 g/mol. The van der Waals surface area contributed by atoms with E-state index in [-0.39, 0.29) is 0 Å². The van der Waals surface area contributed by atoms with E-state index >= 15 is 0 Å². The number of carboxylic acids is 1. The Bertz CT molecular complexity index is 368. The molecule has 15 heavy (non-hydrogen) atoms. The minimum absolute atomic E-state index is 0.354. The first kappa shape index (κ1) is 12.3. The molecule has 0 aromatic heterocycles. The lowest BCUT2D eigenvalue weighted by molar-refractivity contribution is -0.138. The fourth-order valence-corrected chi connectivity index (χ4v) is 1.59. The molecule has 1 aromatic rings. The van der Waals surface area contributed by atoms with Gasteiger partial charge in [0.25, 0.3) is 0 Å². The third kappa shape index (κ3) is 3.09. The van der Waals surface area contributed by atoms with Crippen LogP contribution in [0.4, 0.5) is 0 Å². The molecule has 0 aliphatic heterocycles. The molecule has 0 saturated carbocycles. The average molecular weight is 248 g/mol. The van der Waals surface area contributed by atoms with Crippen LogP contribution >= 0.6 is 23.2 Å². The van der Waals surface area contributed by atoms with Gasteiger partial charge in [0, 0.05) is 6.54 Å². The van der Waals surface area contributed by atoms with Gasteiger partial charge >= 0.3 is 5.97 Å². The maximum atomic E-state index is 11.0. The molecule has 0 saturated heterocycles. The van der Waals surface area contributed by atoms with Gasteiger partial charge in [0.2, 0.25) is 0 Å². The van der Waals surface area contributed by atoms with Crippen LogP contribution in [-0.4, -0.2) is 24.7 Å². The molecule has 0 amide bonds. The van der Waals surface area contributed by atoms with Crippen molar-refractivity contribution in [2.75, 3.05) is 13.6 Å². The van der Waals surface area contributed by atoms with E-state index in [2.05, 4.69) is 5.32 Å². The molecule has 82 valence electrons. The molecule has 0 radical (unpaired) electrons. The Morgan fingerprint density at radius 3 is 2.60 bits per heavy atom. The second-order valence-electron chi connectivity index (χ2n) is 3.12. The van der Waals surface area contributed by atoms with E-state index in [4.69, 9.17) is 28.3 Å². The van der Waals surface area contributed by atoms with E-state index in [9.17, 15) is 4.79 Å². The van der Waals surface area contributed by atoms with Crippen molar-refractivity contribution in [2.24, 2.45) is 0 Å². The van der Waals surface area contributed by atoms with E-state index in [0.717, 1.165) is 0 Å². The second-order valence-corrected chi connectivity index (χ2v) is 3.94. The summed E-state index contributed by atoms with van der Waals surface area (Å²) in [5.74, 6) is -1.49. The maximum Gasteiger partial charge on any atom is 0.312 e. The van der Waals surface area contributed by atoms with Gasteiger partial charge in [0.15, 0.2) is 0 Å². The van der Waals surface area contributed by atoms with E-state index in [1.165, 1.54) is 0 Å². The van der Waals surface area contributed by atoms with E-state index in [0.29, 0.717) is 22.2 Å². The summed E-state index contributed by atoms with van der Waals surface area (Å²) >= 11 is 11.6. The Labute approximate surface area is 98.0 Å². The Morgan fingerprint density at radius 1 is 1.47 bits per heavy atom. The summed E-state index contributed by atoms with van der Waals surface area (Å²) in [4.78, 5) is 11.0. The van der Waals surface area contributed by atoms with Crippen LogP contribution in [-0.2, 0) is 4.79 Å². The Hall–Kier alpha value is -0.770. The van der Waals surface area contributed by atoms with Crippen LogP contribution in [0.2, 0.25) is 10.0 Å². The summed E-state index contributed by atoms with van der Waals surface area (Å²) in [6.45, 7) is 0.354. The van der Waals surface area contributed by atoms with Crippen LogP contribution in [0, 0.1) is 0 Å². The fraction of sp³-hybridized carbons (Fsp3) is 0.300. The van der Waals surface area contributed by atoms with Crippen molar-refractivity contribution in [3.05, 3.63) is 33.8 Å². The van der Waals surface area contributed by atoms with Gasteiger partial charge in [-0.15, -0.1) is 0 Å². The Morgan fingerprint density at radius 2 is 2.13 bits per heavy atom. The highest BCUT2D eigenvalue weighted by atomic mass is 35.5. The van der Waals surface area contributed by atoms with Crippen molar-refractivity contribution in [3.63, 3.8) is 0 Å². The van der Waals surface area contributed by atoms with Gasteiger partial charge in [-0.1, -0.05) is 29.3 Å². The minimum Gasteiger partial charge on any atom is -0.481 e. The van der Waals surface area contributed by atoms with E-state index in [1.54, 1.807) is 25.2 Å². The molecule has 0 spiro atoms. The Balaban J connectivity index is 3.01. The van der Waals surface area contributed by atoms with Crippen molar-refractivity contribution >= 4 is 29.2 Å². The smallest absolute Gasteiger partial charge is 0.312 e. The van der Waals surface area contributed by atoms with Crippen molar-refractivity contribution < 1.29 is 9.90 Å². The molecule has 0 aliphatic carbocycles. The van der Waals surface area contributed by atoms with Crippen LogP contribution in [0.25, 0.3) is 0 Å². The predicted octanol–water partition coefficient (Wildman–Crippen LogP) is 2.38. The fourth-order valence-electron chi connectivity index (χ4n) is 1.28. The highest BCUT2D eigenvalue weighted by Gasteiger charge is 2.19. The number of aliphatic carboxylic acids is 1. The minimum atomic E-state index is -0.886. The zero-order valence-electron chi connectivity index (χ0n) is 8.13. The molecule has 1 unspecified atom stereocenters. The summed E-state index contributed by atoms with van der Waals surface area (Å²) < 4.78 is 0. The molecule has 1 atom stereocenters. The van der Waals surface area contributed by atoms with Gasteiger partial charge in [-0.25, -0.2) is 0 Å². The number of benzene rings is 1. The average Bonchev–Trinajstić information content (AvgIpc) is 2.18. The van der Waals surface area contributed by atoms with Gasteiger partial charge in [0.1, 0.15) is 0 Å². The zero-order chi connectivity index (χ0) is 11.4. The lowest BCUT2D eigenvalue weighted by atomic mass is 9.99.